The number of nitrogens with two attached hydrogens (primary N) is 1. The molecule has 0 saturated carbocycles. The van der Waals surface area contributed by atoms with Crippen molar-refractivity contribution < 1.29 is 22.7 Å². The molecule has 0 radical (unpaired) electrons. The molecule has 1 rings (SSSR count). The first kappa shape index (κ1) is 13.3. The van der Waals surface area contributed by atoms with Crippen molar-refractivity contribution in [3.63, 3.8) is 0 Å². The van der Waals surface area contributed by atoms with Crippen LogP contribution in [0.25, 0.3) is 0 Å². The third kappa shape index (κ3) is 2.51. The Balaban J connectivity index is 3.34. The molecule has 1 heterocycles. The van der Waals surface area contributed by atoms with Crippen LogP contribution in [0.1, 0.15) is 29.9 Å². The van der Waals surface area contributed by atoms with Gasteiger partial charge >= 0.3 is 12.1 Å². The first-order valence-electron chi connectivity index (χ1n) is 4.93. The minimum Gasteiger partial charge on any atom is -0.462 e. The van der Waals surface area contributed by atoms with E-state index in [9.17, 15) is 18.0 Å². The fourth-order valence-electron chi connectivity index (χ4n) is 1.32. The second-order valence-electron chi connectivity index (χ2n) is 3.14. The molecule has 0 spiro atoms. The molecule has 0 aromatic carbocycles. The molecule has 0 aliphatic carbocycles. The van der Waals surface area contributed by atoms with Crippen molar-refractivity contribution in [3.8, 4) is 0 Å². The van der Waals surface area contributed by atoms with Gasteiger partial charge < -0.3 is 10.5 Å². The number of hydrogen-bond donors (Lipinski definition) is 1. The predicted octanol–water partition coefficient (Wildman–Crippen LogP) is 1.68. The van der Waals surface area contributed by atoms with Crippen molar-refractivity contribution in [2.24, 2.45) is 0 Å². The number of halogens is 3. The van der Waals surface area contributed by atoms with Crippen LogP contribution in [0, 0.1) is 0 Å². The summed E-state index contributed by atoms with van der Waals surface area (Å²) in [7, 11) is 0. The average molecular weight is 251 g/mol. The quantitative estimate of drug-likeness (QED) is 0.830. The summed E-state index contributed by atoms with van der Waals surface area (Å²) in [6.07, 6.45) is -4.74. The van der Waals surface area contributed by atoms with Gasteiger partial charge in [0.05, 0.1) is 6.61 Å². The van der Waals surface area contributed by atoms with E-state index >= 15 is 0 Å². The van der Waals surface area contributed by atoms with Gasteiger partial charge in [-0.15, -0.1) is 0 Å². The van der Waals surface area contributed by atoms with Crippen LogP contribution in [0.15, 0.2) is 0 Å². The number of aryl methyl sites for hydroxylation is 1. The molecule has 0 unspecified atom stereocenters. The monoisotopic (exact) mass is 251 g/mol. The summed E-state index contributed by atoms with van der Waals surface area (Å²) in [5.74, 6) is -1.45. The molecule has 0 fully saturated rings. The molecular weight excluding hydrogens is 239 g/mol. The third-order valence-corrected chi connectivity index (χ3v) is 2.04. The summed E-state index contributed by atoms with van der Waals surface area (Å²) in [6, 6.07) is 0. The van der Waals surface area contributed by atoms with Gasteiger partial charge in [0.2, 0.25) is 0 Å². The fraction of sp³-hybridized carbons (Fsp3) is 0.556. The van der Waals surface area contributed by atoms with E-state index < -0.39 is 23.4 Å². The summed E-state index contributed by atoms with van der Waals surface area (Å²) in [5.41, 5.74) is 3.41. The van der Waals surface area contributed by atoms with Gasteiger partial charge in [-0.1, -0.05) is 0 Å². The number of carbonyl (C=O) groups is 1. The summed E-state index contributed by atoms with van der Waals surface area (Å²) in [5, 5.41) is 3.27. The highest BCUT2D eigenvalue weighted by Crippen LogP contribution is 2.33. The van der Waals surface area contributed by atoms with Crippen molar-refractivity contribution in [1.29, 1.82) is 0 Å². The van der Waals surface area contributed by atoms with Crippen molar-refractivity contribution in [1.82, 2.24) is 9.78 Å². The lowest BCUT2D eigenvalue weighted by molar-refractivity contribution is -0.142. The Bertz CT molecular complexity index is 426. The van der Waals surface area contributed by atoms with Gasteiger partial charge in [0, 0.05) is 6.54 Å². The molecule has 0 atom stereocenters. The molecule has 1 aromatic heterocycles. The maximum Gasteiger partial charge on any atom is 0.436 e. The van der Waals surface area contributed by atoms with Crippen LogP contribution in [0.2, 0.25) is 0 Å². The minimum absolute atomic E-state index is 0.0348. The van der Waals surface area contributed by atoms with E-state index in [4.69, 9.17) is 5.73 Å². The summed E-state index contributed by atoms with van der Waals surface area (Å²) >= 11 is 0. The van der Waals surface area contributed by atoms with Crippen LogP contribution in [0.4, 0.5) is 19.0 Å². The normalized spacial score (nSPS) is 11.6. The molecule has 8 heteroatoms. The number of alkyl halides is 3. The van der Waals surface area contributed by atoms with Crippen LogP contribution in [0.5, 0.6) is 0 Å². The van der Waals surface area contributed by atoms with Crippen molar-refractivity contribution in [2.45, 2.75) is 26.6 Å². The lowest BCUT2D eigenvalue weighted by atomic mass is 10.2. The van der Waals surface area contributed by atoms with E-state index in [0.29, 0.717) is 0 Å². The average Bonchev–Trinajstić information content (AvgIpc) is 2.55. The summed E-state index contributed by atoms with van der Waals surface area (Å²) in [4.78, 5) is 11.4. The van der Waals surface area contributed by atoms with Crippen LogP contribution in [-0.4, -0.2) is 22.4 Å². The predicted molar refractivity (Wildman–Crippen MR) is 53.3 cm³/mol. The van der Waals surface area contributed by atoms with Crippen LogP contribution >= 0.6 is 0 Å². The van der Waals surface area contributed by atoms with Gasteiger partial charge in [0.25, 0.3) is 0 Å². The van der Waals surface area contributed by atoms with Gasteiger partial charge in [0.1, 0.15) is 11.4 Å². The topological polar surface area (TPSA) is 70.1 Å². The minimum atomic E-state index is -4.74. The number of nitrogen functional groups attached to an aromatic ring is 1. The lowest BCUT2D eigenvalue weighted by Gasteiger charge is -2.05. The van der Waals surface area contributed by atoms with Crippen molar-refractivity contribution >= 4 is 11.8 Å². The van der Waals surface area contributed by atoms with Gasteiger partial charge in [-0.3, -0.25) is 0 Å². The van der Waals surface area contributed by atoms with Gasteiger partial charge in [-0.25, -0.2) is 9.48 Å². The third-order valence-electron chi connectivity index (χ3n) is 2.04. The molecule has 0 aliphatic rings. The number of ether oxygens (including phenoxy) is 1. The zero-order valence-corrected chi connectivity index (χ0v) is 9.34. The number of anilines is 1. The van der Waals surface area contributed by atoms with Gasteiger partial charge in [-0.05, 0) is 13.8 Å². The molecule has 5 nitrogen and oxygen atoms in total. The molecule has 17 heavy (non-hydrogen) atoms. The highest BCUT2D eigenvalue weighted by atomic mass is 19.4. The second kappa shape index (κ2) is 4.64. The van der Waals surface area contributed by atoms with Crippen molar-refractivity contribution in [3.05, 3.63) is 11.3 Å². The highest BCUT2D eigenvalue weighted by molar-refractivity contribution is 5.95. The Morgan fingerprint density at radius 1 is 1.47 bits per heavy atom. The Labute approximate surface area is 95.3 Å². The van der Waals surface area contributed by atoms with Crippen LogP contribution < -0.4 is 5.73 Å². The largest absolute Gasteiger partial charge is 0.462 e. The van der Waals surface area contributed by atoms with E-state index in [1.807, 2.05) is 0 Å². The van der Waals surface area contributed by atoms with E-state index in [0.717, 1.165) is 4.68 Å². The van der Waals surface area contributed by atoms with Crippen molar-refractivity contribution in [2.75, 3.05) is 12.3 Å². The molecule has 96 valence electrons. The van der Waals surface area contributed by atoms with E-state index in [1.54, 1.807) is 6.92 Å². The zero-order valence-electron chi connectivity index (χ0n) is 9.34. The number of hydrogen-bond acceptors (Lipinski definition) is 4. The summed E-state index contributed by atoms with van der Waals surface area (Å²) in [6.45, 7) is 3.16. The summed E-state index contributed by atoms with van der Waals surface area (Å²) < 4.78 is 43.4. The van der Waals surface area contributed by atoms with Crippen LogP contribution in [-0.2, 0) is 17.5 Å². The molecule has 0 saturated heterocycles. The zero-order chi connectivity index (χ0) is 13.2. The molecule has 0 aliphatic heterocycles. The van der Waals surface area contributed by atoms with E-state index in [1.165, 1.54) is 6.92 Å². The highest BCUT2D eigenvalue weighted by Gasteiger charge is 2.41. The molecule has 0 bridgehead atoms. The maximum atomic E-state index is 12.6. The SMILES string of the molecule is CCOC(=O)c1c(C(F)(F)F)nn(CC)c1N. The van der Waals surface area contributed by atoms with Crippen LogP contribution in [0.3, 0.4) is 0 Å². The maximum absolute atomic E-state index is 12.6. The first-order chi connectivity index (χ1) is 7.82. The molecule has 1 aromatic rings. The Hall–Kier alpha value is -1.73. The number of rotatable bonds is 3. The fourth-order valence-corrected chi connectivity index (χ4v) is 1.32. The lowest BCUT2D eigenvalue weighted by Crippen LogP contribution is -2.15. The van der Waals surface area contributed by atoms with E-state index in [2.05, 4.69) is 9.84 Å². The smallest absolute Gasteiger partial charge is 0.436 e. The van der Waals surface area contributed by atoms with Gasteiger partial charge in [-0.2, -0.15) is 18.3 Å². The standard InChI is InChI=1S/C9H12F3N3O2/c1-3-15-7(13)5(8(16)17-4-2)6(14-15)9(10,11)12/h3-4,13H2,1-2H3. The first-order valence-corrected chi connectivity index (χ1v) is 4.93. The van der Waals surface area contributed by atoms with Gasteiger partial charge in [0.15, 0.2) is 5.69 Å². The second-order valence-corrected chi connectivity index (χ2v) is 3.14. The number of aromatic nitrogens is 2. The number of nitrogens with zero attached hydrogens (tertiary/aromatic N) is 2. The van der Waals surface area contributed by atoms with E-state index in [-0.39, 0.29) is 19.0 Å². The Morgan fingerprint density at radius 3 is 2.47 bits per heavy atom. The number of carbonyl (C=O) groups excluding carboxylic acids is 1. The Morgan fingerprint density at radius 2 is 2.06 bits per heavy atom. The molecular formula is C9H12F3N3O2. The molecule has 2 N–H and O–H groups in total. The number of esters is 1. The Kier molecular flexibility index (Phi) is 3.64. The molecule has 0 amide bonds.